The van der Waals surface area contributed by atoms with Crippen molar-refractivity contribution in [3.8, 4) is 5.75 Å². The van der Waals surface area contributed by atoms with Crippen LogP contribution < -0.4 is 15.4 Å². The van der Waals surface area contributed by atoms with Crippen molar-refractivity contribution in [1.82, 2.24) is 10.3 Å². The Kier molecular flexibility index (Phi) is 4.68. The summed E-state index contributed by atoms with van der Waals surface area (Å²) in [6.07, 6.45) is 0. The Balaban J connectivity index is 1.71. The number of aromatic nitrogens is 1. The first-order valence-electron chi connectivity index (χ1n) is 6.88. The van der Waals surface area contributed by atoms with E-state index in [9.17, 15) is 9.18 Å². The number of anilines is 1. The van der Waals surface area contributed by atoms with E-state index in [1.807, 2.05) is 0 Å². The normalized spacial score (nSPS) is 10.4. The number of methoxy groups -OCH3 is 1. The number of nitrogens with one attached hydrogen (secondary N) is 2. The van der Waals surface area contributed by atoms with Gasteiger partial charge in [0.1, 0.15) is 11.6 Å². The van der Waals surface area contributed by atoms with Crippen LogP contribution in [0.4, 0.5) is 9.52 Å². The van der Waals surface area contributed by atoms with E-state index < -0.39 is 5.91 Å². The maximum absolute atomic E-state index is 13.2. The lowest BCUT2D eigenvalue weighted by Crippen LogP contribution is -2.34. The van der Waals surface area contributed by atoms with Crippen molar-refractivity contribution in [1.29, 1.82) is 0 Å². The standard InChI is InChI=1S/C16H12FN3O2S2/c1-22-12-5-3-2-4-10(12)14(21)19-15(23)20-16-18-11-7-6-9(17)8-13(11)24-16/h2-8H,1H3,(H2,18,19,20,21,23). The van der Waals surface area contributed by atoms with E-state index in [1.165, 1.54) is 30.6 Å². The van der Waals surface area contributed by atoms with Gasteiger partial charge in [-0.15, -0.1) is 0 Å². The number of carbonyl (C=O) groups excluding carboxylic acids is 1. The quantitative estimate of drug-likeness (QED) is 0.699. The number of thiocarbonyl (C=S) groups is 1. The molecule has 8 heteroatoms. The molecule has 0 radical (unpaired) electrons. The number of benzene rings is 2. The number of amides is 1. The van der Waals surface area contributed by atoms with Crippen molar-refractivity contribution in [2.75, 3.05) is 12.4 Å². The minimum atomic E-state index is -0.392. The van der Waals surface area contributed by atoms with Gasteiger partial charge in [-0.05, 0) is 42.5 Å². The second kappa shape index (κ2) is 6.90. The van der Waals surface area contributed by atoms with Crippen LogP contribution in [0.5, 0.6) is 5.75 Å². The van der Waals surface area contributed by atoms with Crippen molar-refractivity contribution in [2.24, 2.45) is 0 Å². The van der Waals surface area contributed by atoms with Crippen molar-refractivity contribution in [3.05, 3.63) is 53.8 Å². The third kappa shape index (κ3) is 3.50. The molecular weight excluding hydrogens is 349 g/mol. The van der Waals surface area contributed by atoms with Gasteiger partial charge < -0.3 is 10.1 Å². The van der Waals surface area contributed by atoms with Gasteiger partial charge in [-0.25, -0.2) is 9.37 Å². The van der Waals surface area contributed by atoms with Crippen LogP contribution in [-0.4, -0.2) is 23.1 Å². The lowest BCUT2D eigenvalue weighted by molar-refractivity contribution is 0.0975. The number of hydrogen-bond donors (Lipinski definition) is 2. The van der Waals surface area contributed by atoms with E-state index >= 15 is 0 Å². The molecule has 1 aromatic heterocycles. The summed E-state index contributed by atoms with van der Waals surface area (Å²) in [6.45, 7) is 0. The van der Waals surface area contributed by atoms with Gasteiger partial charge in [0.25, 0.3) is 5.91 Å². The van der Waals surface area contributed by atoms with Crippen molar-refractivity contribution in [2.45, 2.75) is 0 Å². The Morgan fingerprint density at radius 3 is 2.88 bits per heavy atom. The molecule has 0 aliphatic carbocycles. The van der Waals surface area contributed by atoms with Crippen LogP contribution in [0, 0.1) is 5.82 Å². The summed E-state index contributed by atoms with van der Waals surface area (Å²) in [5.41, 5.74) is 1.03. The molecule has 0 fully saturated rings. The van der Waals surface area contributed by atoms with E-state index in [1.54, 1.807) is 30.3 Å². The minimum Gasteiger partial charge on any atom is -0.496 e. The number of carbonyl (C=O) groups is 1. The number of fused-ring (bicyclic) bond motifs is 1. The highest BCUT2D eigenvalue weighted by molar-refractivity contribution is 7.80. The summed E-state index contributed by atoms with van der Waals surface area (Å²) < 4.78 is 19.0. The number of thiazole rings is 1. The molecular formula is C16H12FN3O2S2. The molecule has 0 atom stereocenters. The van der Waals surface area contributed by atoms with Crippen LogP contribution in [0.25, 0.3) is 10.2 Å². The third-order valence-electron chi connectivity index (χ3n) is 3.15. The largest absolute Gasteiger partial charge is 0.496 e. The maximum Gasteiger partial charge on any atom is 0.261 e. The van der Waals surface area contributed by atoms with Crippen molar-refractivity contribution in [3.63, 3.8) is 0 Å². The Labute approximate surface area is 146 Å². The summed E-state index contributed by atoms with van der Waals surface area (Å²) in [5.74, 6) is -0.268. The number of para-hydroxylation sites is 1. The number of halogens is 1. The molecule has 0 aliphatic rings. The van der Waals surface area contributed by atoms with E-state index in [4.69, 9.17) is 17.0 Å². The summed E-state index contributed by atoms with van der Waals surface area (Å²) in [4.78, 5) is 16.5. The highest BCUT2D eigenvalue weighted by Crippen LogP contribution is 2.26. The SMILES string of the molecule is COc1ccccc1C(=O)NC(=S)Nc1nc2ccc(F)cc2s1. The van der Waals surface area contributed by atoms with Gasteiger partial charge in [0.05, 0.1) is 22.9 Å². The van der Waals surface area contributed by atoms with Gasteiger partial charge in [-0.3, -0.25) is 10.1 Å². The number of nitrogens with zero attached hydrogens (tertiary/aromatic N) is 1. The third-order valence-corrected chi connectivity index (χ3v) is 4.29. The van der Waals surface area contributed by atoms with Gasteiger partial charge in [0.15, 0.2) is 10.2 Å². The van der Waals surface area contributed by atoms with Gasteiger partial charge >= 0.3 is 0 Å². The molecule has 0 aliphatic heterocycles. The lowest BCUT2D eigenvalue weighted by atomic mass is 10.2. The molecule has 3 aromatic rings. The van der Waals surface area contributed by atoms with E-state index in [0.717, 1.165) is 0 Å². The molecule has 3 rings (SSSR count). The van der Waals surface area contributed by atoms with Crippen LogP contribution in [0.15, 0.2) is 42.5 Å². The molecule has 0 saturated heterocycles. The lowest BCUT2D eigenvalue weighted by Gasteiger charge is -2.09. The van der Waals surface area contributed by atoms with Gasteiger partial charge in [-0.2, -0.15) is 0 Å². The number of ether oxygens (including phenoxy) is 1. The Morgan fingerprint density at radius 2 is 2.08 bits per heavy atom. The maximum atomic E-state index is 13.2. The molecule has 0 unspecified atom stereocenters. The topological polar surface area (TPSA) is 63.2 Å². The van der Waals surface area contributed by atoms with Gasteiger partial charge in [0.2, 0.25) is 0 Å². The number of rotatable bonds is 3. The fourth-order valence-corrected chi connectivity index (χ4v) is 3.23. The zero-order valence-electron chi connectivity index (χ0n) is 12.5. The fraction of sp³-hybridized carbons (Fsp3) is 0.0625. The van der Waals surface area contributed by atoms with Crippen molar-refractivity contribution < 1.29 is 13.9 Å². The van der Waals surface area contributed by atoms with Crippen LogP contribution in [0.2, 0.25) is 0 Å². The predicted molar refractivity (Wildman–Crippen MR) is 96.3 cm³/mol. The average Bonchev–Trinajstić information content (AvgIpc) is 2.95. The Hall–Kier alpha value is -2.58. The first-order chi connectivity index (χ1) is 11.6. The van der Waals surface area contributed by atoms with Crippen LogP contribution >= 0.6 is 23.6 Å². The molecule has 2 aromatic carbocycles. The Bertz CT molecular complexity index is 927. The van der Waals surface area contributed by atoms with Crippen LogP contribution in [0.3, 0.4) is 0 Å². The highest BCUT2D eigenvalue weighted by Gasteiger charge is 2.14. The van der Waals surface area contributed by atoms with Gasteiger partial charge in [-0.1, -0.05) is 23.5 Å². The van der Waals surface area contributed by atoms with Crippen LogP contribution in [-0.2, 0) is 0 Å². The zero-order chi connectivity index (χ0) is 17.1. The smallest absolute Gasteiger partial charge is 0.261 e. The van der Waals surface area contributed by atoms with Crippen molar-refractivity contribution >= 4 is 49.9 Å². The summed E-state index contributed by atoms with van der Waals surface area (Å²) in [5, 5.41) is 5.98. The summed E-state index contributed by atoms with van der Waals surface area (Å²) in [7, 11) is 1.49. The average molecular weight is 361 g/mol. The molecule has 24 heavy (non-hydrogen) atoms. The van der Waals surface area contributed by atoms with Crippen LogP contribution in [0.1, 0.15) is 10.4 Å². The second-order valence-electron chi connectivity index (χ2n) is 4.74. The highest BCUT2D eigenvalue weighted by atomic mass is 32.1. The molecule has 5 nitrogen and oxygen atoms in total. The van der Waals surface area contributed by atoms with E-state index in [-0.39, 0.29) is 10.9 Å². The summed E-state index contributed by atoms with van der Waals surface area (Å²) >= 11 is 6.38. The predicted octanol–water partition coefficient (Wildman–Crippen LogP) is 3.57. The molecule has 0 saturated carbocycles. The first kappa shape index (κ1) is 16.3. The molecule has 2 N–H and O–H groups in total. The monoisotopic (exact) mass is 361 g/mol. The fourth-order valence-electron chi connectivity index (χ4n) is 2.08. The molecule has 122 valence electrons. The molecule has 1 amide bonds. The molecule has 0 spiro atoms. The second-order valence-corrected chi connectivity index (χ2v) is 6.18. The van der Waals surface area contributed by atoms with E-state index in [2.05, 4.69) is 15.6 Å². The Morgan fingerprint density at radius 1 is 1.29 bits per heavy atom. The molecule has 0 bridgehead atoms. The van der Waals surface area contributed by atoms with Gasteiger partial charge in [0, 0.05) is 0 Å². The van der Waals surface area contributed by atoms with E-state index in [0.29, 0.717) is 26.7 Å². The first-order valence-corrected chi connectivity index (χ1v) is 8.11. The number of hydrogen-bond acceptors (Lipinski definition) is 5. The molecule has 1 heterocycles. The summed E-state index contributed by atoms with van der Waals surface area (Å²) in [6, 6.07) is 11.2. The minimum absolute atomic E-state index is 0.102. The zero-order valence-corrected chi connectivity index (χ0v) is 14.1.